The summed E-state index contributed by atoms with van der Waals surface area (Å²) < 4.78 is 28.3. The first kappa shape index (κ1) is 25.4. The minimum absolute atomic E-state index is 0.169. The quantitative estimate of drug-likeness (QED) is 0.458. The van der Waals surface area contributed by atoms with E-state index in [9.17, 15) is 18.0 Å². The van der Waals surface area contributed by atoms with Gasteiger partial charge in [-0.15, -0.1) is 0 Å². The molecule has 34 heavy (non-hydrogen) atoms. The fourth-order valence-corrected chi connectivity index (χ4v) is 4.51. The first-order valence-electron chi connectivity index (χ1n) is 11.2. The van der Waals surface area contributed by atoms with Crippen LogP contribution in [0.3, 0.4) is 0 Å². The van der Waals surface area contributed by atoms with Crippen LogP contribution >= 0.6 is 0 Å². The molecule has 0 aliphatic rings. The molecule has 2 aromatic carbocycles. The largest absolute Gasteiger partial charge is 0.355 e. The highest BCUT2D eigenvalue weighted by molar-refractivity contribution is 7.89. The lowest BCUT2D eigenvalue weighted by atomic mass is 10.2. The molecule has 182 valence electrons. The summed E-state index contributed by atoms with van der Waals surface area (Å²) in [5.41, 5.74) is 2.57. The maximum Gasteiger partial charge on any atom is 0.251 e. The Morgan fingerprint density at radius 1 is 1.09 bits per heavy atom. The van der Waals surface area contributed by atoms with Crippen molar-refractivity contribution in [1.29, 1.82) is 0 Å². The predicted octanol–water partition coefficient (Wildman–Crippen LogP) is 3.02. The number of nitrogens with one attached hydrogen (secondary N) is 2. The van der Waals surface area contributed by atoms with E-state index in [0.29, 0.717) is 23.2 Å². The molecule has 3 rings (SSSR count). The van der Waals surface area contributed by atoms with Gasteiger partial charge in [0.05, 0.1) is 15.9 Å². The van der Waals surface area contributed by atoms with E-state index in [-0.39, 0.29) is 23.1 Å². The lowest BCUT2D eigenvalue weighted by Gasteiger charge is -2.11. The summed E-state index contributed by atoms with van der Waals surface area (Å²) in [4.78, 5) is 29.1. The van der Waals surface area contributed by atoms with Crippen molar-refractivity contribution in [3.8, 4) is 0 Å². The number of carbonyl (C=O) groups is 2. The van der Waals surface area contributed by atoms with Crippen LogP contribution in [0, 0.1) is 0 Å². The normalized spacial score (nSPS) is 11.7. The van der Waals surface area contributed by atoms with Gasteiger partial charge in [0.15, 0.2) is 0 Å². The molecule has 0 bridgehead atoms. The summed E-state index contributed by atoms with van der Waals surface area (Å²) >= 11 is 0. The maximum absolute atomic E-state index is 12.5. The Balaban J connectivity index is 1.78. The average Bonchev–Trinajstić information content (AvgIpc) is 3.17. The summed E-state index contributed by atoms with van der Waals surface area (Å²) in [5.74, 6) is 0.385. The first-order chi connectivity index (χ1) is 16.2. The van der Waals surface area contributed by atoms with Crippen molar-refractivity contribution in [3.05, 3.63) is 53.9 Å². The standard InChI is InChI=1S/C24H31N5O4S/c1-5-6-15-29-21-12-11-19(34(32,33)28(3)4)16-20(21)27-22(29)13-14-23(30)26-18-9-7-17(8-10-18)24(31)25-2/h7-12,16H,5-6,13-15H2,1-4H3,(H,25,31)(H,26,30). The zero-order chi connectivity index (χ0) is 24.9. The fourth-order valence-electron chi connectivity index (χ4n) is 3.59. The van der Waals surface area contributed by atoms with Crippen LogP contribution < -0.4 is 10.6 Å². The van der Waals surface area contributed by atoms with Crippen molar-refractivity contribution in [2.45, 2.75) is 44.0 Å². The molecular formula is C24H31N5O4S. The molecule has 9 nitrogen and oxygen atoms in total. The fraction of sp³-hybridized carbons (Fsp3) is 0.375. The van der Waals surface area contributed by atoms with Gasteiger partial charge in [0.1, 0.15) is 5.82 Å². The molecule has 0 aliphatic carbocycles. The van der Waals surface area contributed by atoms with Crippen LogP contribution in [0.15, 0.2) is 47.4 Å². The molecule has 2 amide bonds. The Morgan fingerprint density at radius 2 is 1.79 bits per heavy atom. The molecule has 1 aromatic heterocycles. The summed E-state index contributed by atoms with van der Waals surface area (Å²) in [7, 11) is 0.990. The molecule has 3 aromatic rings. The third-order valence-electron chi connectivity index (χ3n) is 5.55. The first-order valence-corrected chi connectivity index (χ1v) is 12.6. The summed E-state index contributed by atoms with van der Waals surface area (Å²) in [6.07, 6.45) is 2.57. The summed E-state index contributed by atoms with van der Waals surface area (Å²) in [5, 5.41) is 5.40. The lowest BCUT2D eigenvalue weighted by molar-refractivity contribution is -0.116. The van der Waals surface area contributed by atoms with Crippen LogP contribution in [-0.4, -0.2) is 55.2 Å². The monoisotopic (exact) mass is 485 g/mol. The molecule has 0 unspecified atom stereocenters. The predicted molar refractivity (Wildman–Crippen MR) is 132 cm³/mol. The van der Waals surface area contributed by atoms with Gasteiger partial charge in [-0.1, -0.05) is 13.3 Å². The van der Waals surface area contributed by atoms with E-state index in [4.69, 9.17) is 0 Å². The van der Waals surface area contributed by atoms with E-state index < -0.39 is 10.0 Å². The van der Waals surface area contributed by atoms with E-state index in [2.05, 4.69) is 27.1 Å². The number of fused-ring (bicyclic) bond motifs is 1. The SMILES string of the molecule is CCCCn1c(CCC(=O)Nc2ccc(C(=O)NC)cc2)nc2cc(S(=O)(=O)N(C)C)ccc21. The number of sulfonamides is 1. The van der Waals surface area contributed by atoms with Crippen LogP contribution in [0.25, 0.3) is 11.0 Å². The zero-order valence-corrected chi connectivity index (χ0v) is 20.8. The van der Waals surface area contributed by atoms with Crippen molar-refractivity contribution >= 4 is 38.6 Å². The number of aryl methyl sites for hydroxylation is 2. The van der Waals surface area contributed by atoms with Gasteiger partial charge in [0.2, 0.25) is 15.9 Å². The number of imidazole rings is 1. The van der Waals surface area contributed by atoms with Gasteiger partial charge in [-0.25, -0.2) is 17.7 Å². The third kappa shape index (κ3) is 5.63. The molecule has 1 heterocycles. The second kappa shape index (κ2) is 10.8. The Labute approximate surface area is 200 Å². The highest BCUT2D eigenvalue weighted by Crippen LogP contribution is 2.23. The van der Waals surface area contributed by atoms with Crippen LogP contribution in [-0.2, 0) is 27.8 Å². The molecule has 0 atom stereocenters. The number of amides is 2. The number of aromatic nitrogens is 2. The lowest BCUT2D eigenvalue weighted by Crippen LogP contribution is -2.22. The van der Waals surface area contributed by atoms with Crippen molar-refractivity contribution in [2.75, 3.05) is 26.5 Å². The second-order valence-electron chi connectivity index (χ2n) is 8.18. The van der Waals surface area contributed by atoms with Crippen LogP contribution in [0.4, 0.5) is 5.69 Å². The topological polar surface area (TPSA) is 113 Å². The van der Waals surface area contributed by atoms with Gasteiger partial charge in [0.25, 0.3) is 5.91 Å². The van der Waals surface area contributed by atoms with Crippen molar-refractivity contribution < 1.29 is 18.0 Å². The van der Waals surface area contributed by atoms with Gasteiger partial charge >= 0.3 is 0 Å². The number of benzene rings is 2. The van der Waals surface area contributed by atoms with E-state index in [1.807, 2.05) is 0 Å². The van der Waals surface area contributed by atoms with E-state index >= 15 is 0 Å². The van der Waals surface area contributed by atoms with Crippen LogP contribution in [0.2, 0.25) is 0 Å². The molecule has 2 N–H and O–H groups in total. The smallest absolute Gasteiger partial charge is 0.251 e. The van der Waals surface area contributed by atoms with Crippen LogP contribution in [0.5, 0.6) is 0 Å². The highest BCUT2D eigenvalue weighted by Gasteiger charge is 2.20. The number of unbranched alkanes of at least 4 members (excludes halogenated alkanes) is 1. The van der Waals surface area contributed by atoms with Crippen molar-refractivity contribution in [1.82, 2.24) is 19.2 Å². The Bertz CT molecular complexity index is 1280. The number of carbonyl (C=O) groups excluding carboxylic acids is 2. The second-order valence-corrected chi connectivity index (χ2v) is 10.3. The molecule has 10 heteroatoms. The molecule has 0 radical (unpaired) electrons. The van der Waals surface area contributed by atoms with Gasteiger partial charge in [-0.3, -0.25) is 9.59 Å². The van der Waals surface area contributed by atoms with E-state index in [0.717, 1.165) is 30.7 Å². The molecule has 0 saturated carbocycles. The molecule has 0 saturated heterocycles. The zero-order valence-electron chi connectivity index (χ0n) is 20.0. The van der Waals surface area contributed by atoms with Gasteiger partial charge in [-0.05, 0) is 48.9 Å². The number of anilines is 1. The molecule has 0 fully saturated rings. The van der Waals surface area contributed by atoms with E-state index in [1.54, 1.807) is 49.5 Å². The summed E-state index contributed by atoms with van der Waals surface area (Å²) in [6.45, 7) is 2.84. The number of hydrogen-bond acceptors (Lipinski definition) is 5. The molecular weight excluding hydrogens is 454 g/mol. The van der Waals surface area contributed by atoms with Crippen LogP contribution in [0.1, 0.15) is 42.4 Å². The van der Waals surface area contributed by atoms with E-state index in [1.165, 1.54) is 18.4 Å². The van der Waals surface area contributed by atoms with Crippen molar-refractivity contribution in [3.63, 3.8) is 0 Å². The maximum atomic E-state index is 12.5. The highest BCUT2D eigenvalue weighted by atomic mass is 32.2. The van der Waals surface area contributed by atoms with Gasteiger partial charge in [-0.2, -0.15) is 0 Å². The van der Waals surface area contributed by atoms with Gasteiger partial charge < -0.3 is 15.2 Å². The van der Waals surface area contributed by atoms with Gasteiger partial charge in [0, 0.05) is 51.8 Å². The average molecular weight is 486 g/mol. The number of rotatable bonds is 10. The Hall–Kier alpha value is -3.24. The number of nitrogens with zero attached hydrogens (tertiary/aromatic N) is 3. The Morgan fingerprint density at radius 3 is 2.41 bits per heavy atom. The summed E-state index contributed by atoms with van der Waals surface area (Å²) in [6, 6.07) is 11.6. The minimum Gasteiger partial charge on any atom is -0.355 e. The number of hydrogen-bond donors (Lipinski definition) is 2. The minimum atomic E-state index is -3.56. The molecule has 0 aliphatic heterocycles. The Kier molecular flexibility index (Phi) is 8.06. The molecule has 0 spiro atoms. The van der Waals surface area contributed by atoms with Crippen molar-refractivity contribution in [2.24, 2.45) is 0 Å². The third-order valence-corrected chi connectivity index (χ3v) is 7.36.